The molecule has 0 radical (unpaired) electrons. The van der Waals surface area contributed by atoms with Gasteiger partial charge in [0, 0.05) is 18.6 Å². The van der Waals surface area contributed by atoms with Crippen LogP contribution in [-0.4, -0.2) is 46.9 Å². The summed E-state index contributed by atoms with van der Waals surface area (Å²) in [6.45, 7) is 4.54. The number of aliphatic hydroxyl groups excluding tert-OH is 4. The molecule has 0 aliphatic heterocycles. The quantitative estimate of drug-likeness (QED) is 0.538. The van der Waals surface area contributed by atoms with Crippen molar-refractivity contribution in [1.82, 2.24) is 0 Å². The van der Waals surface area contributed by atoms with Gasteiger partial charge in [-0.2, -0.15) is 0 Å². The third-order valence-corrected chi connectivity index (χ3v) is 6.81. The molecule has 4 N–H and O–H groups in total. The molecule has 24 heavy (non-hydrogen) atoms. The Morgan fingerprint density at radius 2 is 2.00 bits per heavy atom. The third-order valence-electron chi connectivity index (χ3n) is 6.81. The minimum absolute atomic E-state index is 0.0487. The maximum absolute atomic E-state index is 10.4. The zero-order valence-corrected chi connectivity index (χ0v) is 15.2. The van der Waals surface area contributed by atoms with Crippen molar-refractivity contribution in [2.75, 3.05) is 26.4 Å². The molecule has 0 spiro atoms. The summed E-state index contributed by atoms with van der Waals surface area (Å²) in [6, 6.07) is 0. The summed E-state index contributed by atoms with van der Waals surface area (Å²) in [7, 11) is 0. The van der Waals surface area contributed by atoms with Crippen molar-refractivity contribution in [3.63, 3.8) is 0 Å². The Balaban J connectivity index is 2.29. The predicted octanol–water partition coefficient (Wildman–Crippen LogP) is 2.42. The van der Waals surface area contributed by atoms with Gasteiger partial charge in [-0.05, 0) is 68.3 Å². The summed E-state index contributed by atoms with van der Waals surface area (Å²) in [5, 5.41) is 39.2. The van der Waals surface area contributed by atoms with E-state index in [9.17, 15) is 15.3 Å². The van der Waals surface area contributed by atoms with Crippen LogP contribution in [0.2, 0.25) is 0 Å². The first-order valence-electron chi connectivity index (χ1n) is 9.25. The lowest BCUT2D eigenvalue weighted by molar-refractivity contribution is -0.0103. The van der Waals surface area contributed by atoms with Crippen LogP contribution >= 0.6 is 0 Å². The van der Waals surface area contributed by atoms with Gasteiger partial charge in [0.1, 0.15) is 0 Å². The highest BCUT2D eigenvalue weighted by atomic mass is 16.3. The summed E-state index contributed by atoms with van der Waals surface area (Å²) < 4.78 is 0. The number of hydrogen-bond donors (Lipinski definition) is 4. The standard InChI is InChI=1S/C20H34O4/c1-15-4-3-5-18-19(10-15,13-23)11-16(2)20(18,14-24)8-6-17(12-22)7-9-21/h4,7,16,18,21-24H,3,5-6,8-14H2,1-2H3/b17-7-/t16-,18+,19+,20-/m1/s1. The SMILES string of the molecule is CC1=CCC[C@H]2[C@@](CO)(C1)C[C@@H](C)[C@]2(CO)CC/C(=C/CO)CO. The van der Waals surface area contributed by atoms with Crippen molar-refractivity contribution in [3.8, 4) is 0 Å². The Morgan fingerprint density at radius 1 is 1.25 bits per heavy atom. The van der Waals surface area contributed by atoms with Crippen molar-refractivity contribution in [2.24, 2.45) is 22.7 Å². The molecule has 0 saturated heterocycles. The Morgan fingerprint density at radius 3 is 2.58 bits per heavy atom. The molecule has 0 bridgehead atoms. The van der Waals surface area contributed by atoms with Crippen molar-refractivity contribution in [2.45, 2.75) is 52.4 Å². The number of allylic oxidation sites excluding steroid dienone is 2. The highest BCUT2D eigenvalue weighted by Gasteiger charge is 2.59. The molecule has 2 rings (SSSR count). The van der Waals surface area contributed by atoms with Gasteiger partial charge in [-0.1, -0.05) is 24.6 Å². The minimum atomic E-state index is -0.217. The van der Waals surface area contributed by atoms with E-state index in [1.165, 1.54) is 5.57 Å². The highest BCUT2D eigenvalue weighted by Crippen LogP contribution is 2.63. The van der Waals surface area contributed by atoms with Gasteiger partial charge in [-0.15, -0.1) is 0 Å². The largest absolute Gasteiger partial charge is 0.396 e. The fourth-order valence-corrected chi connectivity index (χ4v) is 5.59. The average Bonchev–Trinajstić information content (AvgIpc) is 2.69. The number of aliphatic hydroxyl groups is 4. The van der Waals surface area contributed by atoms with Crippen LogP contribution in [0.1, 0.15) is 52.4 Å². The molecule has 0 unspecified atom stereocenters. The van der Waals surface area contributed by atoms with E-state index in [0.717, 1.165) is 37.7 Å². The Bertz CT molecular complexity index is 484. The molecule has 1 fully saturated rings. The van der Waals surface area contributed by atoms with Crippen molar-refractivity contribution in [3.05, 3.63) is 23.3 Å². The Hall–Kier alpha value is -0.680. The van der Waals surface area contributed by atoms with E-state index >= 15 is 0 Å². The van der Waals surface area contributed by atoms with E-state index in [-0.39, 0.29) is 43.2 Å². The number of fused-ring (bicyclic) bond motifs is 1. The molecular formula is C20H34O4. The fourth-order valence-electron chi connectivity index (χ4n) is 5.59. The number of rotatable bonds is 7. The lowest BCUT2D eigenvalue weighted by Crippen LogP contribution is -2.41. The first-order valence-corrected chi connectivity index (χ1v) is 9.25. The first kappa shape index (κ1) is 19.6. The van der Waals surface area contributed by atoms with Crippen LogP contribution in [0.5, 0.6) is 0 Å². The number of hydrogen-bond acceptors (Lipinski definition) is 4. The molecule has 1 saturated carbocycles. The maximum Gasteiger partial charge on any atom is 0.0642 e. The van der Waals surface area contributed by atoms with E-state index in [2.05, 4.69) is 19.9 Å². The molecular weight excluding hydrogens is 304 g/mol. The van der Waals surface area contributed by atoms with Crippen LogP contribution in [0.3, 0.4) is 0 Å². The van der Waals surface area contributed by atoms with Gasteiger partial charge in [0.15, 0.2) is 0 Å². The van der Waals surface area contributed by atoms with Crippen LogP contribution in [-0.2, 0) is 0 Å². The van der Waals surface area contributed by atoms with E-state index in [1.807, 2.05) is 0 Å². The average molecular weight is 338 g/mol. The molecule has 0 aromatic heterocycles. The van der Waals surface area contributed by atoms with Gasteiger partial charge in [0.2, 0.25) is 0 Å². The minimum Gasteiger partial charge on any atom is -0.396 e. The fraction of sp³-hybridized carbons (Fsp3) is 0.800. The van der Waals surface area contributed by atoms with Crippen LogP contribution in [0.25, 0.3) is 0 Å². The molecule has 0 amide bonds. The van der Waals surface area contributed by atoms with Gasteiger partial charge < -0.3 is 20.4 Å². The van der Waals surface area contributed by atoms with E-state index < -0.39 is 0 Å². The van der Waals surface area contributed by atoms with Crippen LogP contribution < -0.4 is 0 Å². The topological polar surface area (TPSA) is 80.9 Å². The monoisotopic (exact) mass is 338 g/mol. The van der Waals surface area contributed by atoms with E-state index in [0.29, 0.717) is 12.3 Å². The molecule has 2 aliphatic rings. The molecule has 2 aliphatic carbocycles. The van der Waals surface area contributed by atoms with Crippen molar-refractivity contribution < 1.29 is 20.4 Å². The van der Waals surface area contributed by atoms with Crippen LogP contribution in [0, 0.1) is 22.7 Å². The lowest BCUT2D eigenvalue weighted by atomic mass is 9.63. The van der Waals surface area contributed by atoms with Crippen LogP contribution in [0.4, 0.5) is 0 Å². The molecule has 4 atom stereocenters. The maximum atomic E-state index is 10.4. The second-order valence-corrected chi connectivity index (χ2v) is 8.08. The van der Waals surface area contributed by atoms with E-state index in [1.54, 1.807) is 6.08 Å². The Labute approximate surface area is 145 Å². The predicted molar refractivity (Wildman–Crippen MR) is 95.4 cm³/mol. The first-order chi connectivity index (χ1) is 11.5. The zero-order valence-electron chi connectivity index (χ0n) is 15.2. The summed E-state index contributed by atoms with van der Waals surface area (Å²) >= 11 is 0. The normalized spacial score (nSPS) is 37.1. The van der Waals surface area contributed by atoms with Gasteiger partial charge in [0.05, 0.1) is 13.2 Å². The van der Waals surface area contributed by atoms with Crippen molar-refractivity contribution in [1.29, 1.82) is 0 Å². The molecule has 0 aromatic rings. The summed E-state index contributed by atoms with van der Waals surface area (Å²) in [4.78, 5) is 0. The summed E-state index contributed by atoms with van der Waals surface area (Å²) in [5.74, 6) is 0.623. The van der Waals surface area contributed by atoms with Gasteiger partial charge in [-0.25, -0.2) is 0 Å². The Kier molecular flexibility index (Phi) is 6.66. The molecule has 138 valence electrons. The molecule has 4 heteroatoms. The molecule has 0 aromatic carbocycles. The summed E-state index contributed by atoms with van der Waals surface area (Å²) in [5.41, 5.74) is 1.84. The second-order valence-electron chi connectivity index (χ2n) is 8.08. The molecule has 0 heterocycles. The highest BCUT2D eigenvalue weighted by molar-refractivity contribution is 5.16. The van der Waals surface area contributed by atoms with Gasteiger partial charge in [0.25, 0.3) is 0 Å². The van der Waals surface area contributed by atoms with E-state index in [4.69, 9.17) is 5.11 Å². The lowest BCUT2D eigenvalue weighted by Gasteiger charge is -2.43. The third kappa shape index (κ3) is 3.48. The van der Waals surface area contributed by atoms with Gasteiger partial charge in [-0.3, -0.25) is 0 Å². The summed E-state index contributed by atoms with van der Waals surface area (Å²) in [6.07, 6.45) is 9.30. The van der Waals surface area contributed by atoms with Crippen LogP contribution in [0.15, 0.2) is 23.3 Å². The molecule has 4 nitrogen and oxygen atoms in total. The zero-order chi connectivity index (χ0) is 17.8. The second kappa shape index (κ2) is 8.13. The van der Waals surface area contributed by atoms with Gasteiger partial charge >= 0.3 is 0 Å². The smallest absolute Gasteiger partial charge is 0.0642 e. The van der Waals surface area contributed by atoms with Crippen molar-refractivity contribution >= 4 is 0 Å².